The van der Waals surface area contributed by atoms with Crippen molar-refractivity contribution in [2.24, 2.45) is 5.92 Å². The van der Waals surface area contributed by atoms with Crippen molar-refractivity contribution in [3.05, 3.63) is 92.9 Å². The van der Waals surface area contributed by atoms with Crippen molar-refractivity contribution in [3.8, 4) is 11.8 Å². The molecule has 10 heteroatoms. The summed E-state index contributed by atoms with van der Waals surface area (Å²) in [4.78, 5) is 54.4. The van der Waals surface area contributed by atoms with E-state index in [4.69, 9.17) is 9.47 Å². The number of hydrogen-bond acceptors (Lipinski definition) is 8. The number of nitriles is 1. The molecule has 3 amide bonds. The van der Waals surface area contributed by atoms with E-state index in [0.29, 0.717) is 17.2 Å². The molecule has 1 aromatic heterocycles. The van der Waals surface area contributed by atoms with E-state index in [-0.39, 0.29) is 28.9 Å². The fourth-order valence-electron chi connectivity index (χ4n) is 5.90. The van der Waals surface area contributed by atoms with E-state index in [1.165, 1.54) is 11.3 Å². The van der Waals surface area contributed by atoms with Gasteiger partial charge >= 0.3 is 5.97 Å². The Balaban J connectivity index is 1.29. The van der Waals surface area contributed by atoms with Gasteiger partial charge in [0.15, 0.2) is 6.61 Å². The van der Waals surface area contributed by atoms with E-state index in [1.807, 2.05) is 63.3 Å². The first-order valence-corrected chi connectivity index (χ1v) is 16.4. The van der Waals surface area contributed by atoms with E-state index in [2.05, 4.69) is 25.2 Å². The molecule has 47 heavy (non-hydrogen) atoms. The minimum atomic E-state index is -1.18. The molecule has 2 heterocycles. The molecule has 0 saturated heterocycles. The zero-order valence-electron chi connectivity index (χ0n) is 27.1. The van der Waals surface area contributed by atoms with Crippen molar-refractivity contribution < 1.29 is 28.7 Å². The molecule has 242 valence electrons. The molecule has 2 aromatic carbocycles. The Kier molecular flexibility index (Phi) is 9.77. The SMILES string of the molecule is CCOc1ccc(/C=C/C2=Cc3c(sc(NC(=O)COC(=O)C(CC(C)C)N4C(=O)c5ccccc5C4=O)c3C#N)C(C)(C)C2)cc1. The molecule has 0 fully saturated rings. The molecule has 1 aliphatic carbocycles. The largest absolute Gasteiger partial charge is 0.494 e. The molecule has 1 atom stereocenters. The molecule has 0 bridgehead atoms. The Bertz CT molecular complexity index is 1790. The number of nitrogens with zero attached hydrogens (tertiary/aromatic N) is 2. The first-order valence-electron chi connectivity index (χ1n) is 15.6. The standard InChI is InChI=1S/C37H37N3O6S/c1-6-45-25-15-13-23(14-16-25)11-12-24-18-28-29(20-38)33(47-32(28)37(4,5)19-24)39-31(41)21-46-36(44)30(17-22(2)3)40-34(42)26-9-7-8-10-27(26)35(40)43/h7-16,18,22,30H,6,17,19,21H2,1-5H3,(H,39,41)/b12-11+. The van der Waals surface area contributed by atoms with Gasteiger partial charge in [-0.05, 0) is 67.2 Å². The predicted molar refractivity (Wildman–Crippen MR) is 181 cm³/mol. The molecule has 1 N–H and O–H groups in total. The number of hydrogen-bond donors (Lipinski definition) is 1. The summed E-state index contributed by atoms with van der Waals surface area (Å²) in [6, 6.07) is 15.3. The monoisotopic (exact) mass is 651 g/mol. The lowest BCUT2D eigenvalue weighted by molar-refractivity contribution is -0.151. The van der Waals surface area contributed by atoms with Crippen LogP contribution in [0, 0.1) is 17.2 Å². The average Bonchev–Trinajstić information content (AvgIpc) is 3.52. The van der Waals surface area contributed by atoms with Crippen LogP contribution in [-0.4, -0.2) is 47.8 Å². The molecule has 1 aliphatic heterocycles. The Morgan fingerprint density at radius 1 is 1.06 bits per heavy atom. The second kappa shape index (κ2) is 13.8. The van der Waals surface area contributed by atoms with Crippen molar-refractivity contribution in [3.63, 3.8) is 0 Å². The minimum Gasteiger partial charge on any atom is -0.494 e. The zero-order valence-corrected chi connectivity index (χ0v) is 27.9. The summed E-state index contributed by atoms with van der Waals surface area (Å²) < 4.78 is 10.9. The normalized spacial score (nSPS) is 15.6. The van der Waals surface area contributed by atoms with Crippen LogP contribution in [0.1, 0.15) is 89.7 Å². The number of rotatable bonds is 11. The number of carbonyl (C=O) groups excluding carboxylic acids is 4. The molecule has 5 rings (SSSR count). The second-order valence-corrected chi connectivity index (χ2v) is 13.6. The number of benzene rings is 2. The topological polar surface area (TPSA) is 126 Å². The quantitative estimate of drug-likeness (QED) is 0.175. The van der Waals surface area contributed by atoms with Gasteiger partial charge in [0.2, 0.25) is 0 Å². The van der Waals surface area contributed by atoms with Gasteiger partial charge in [0.1, 0.15) is 22.9 Å². The summed E-state index contributed by atoms with van der Waals surface area (Å²) in [5.74, 6) is -1.83. The number of fused-ring (bicyclic) bond motifs is 2. The highest BCUT2D eigenvalue weighted by molar-refractivity contribution is 7.17. The second-order valence-electron chi connectivity index (χ2n) is 12.6. The number of ether oxygens (including phenoxy) is 2. The molecular weight excluding hydrogens is 614 g/mol. The van der Waals surface area contributed by atoms with Crippen LogP contribution in [0.25, 0.3) is 12.2 Å². The van der Waals surface area contributed by atoms with Gasteiger partial charge in [-0.2, -0.15) is 5.26 Å². The van der Waals surface area contributed by atoms with Crippen molar-refractivity contribution in [1.29, 1.82) is 5.26 Å². The van der Waals surface area contributed by atoms with Crippen molar-refractivity contribution >= 4 is 52.2 Å². The Morgan fingerprint density at radius 3 is 2.32 bits per heavy atom. The maximum atomic E-state index is 13.3. The van der Waals surface area contributed by atoms with Crippen LogP contribution in [0.2, 0.25) is 0 Å². The highest BCUT2D eigenvalue weighted by Crippen LogP contribution is 2.47. The molecule has 0 radical (unpaired) electrons. The Labute approximate surface area is 278 Å². The van der Waals surface area contributed by atoms with Crippen LogP contribution in [-0.2, 0) is 19.7 Å². The van der Waals surface area contributed by atoms with Crippen LogP contribution in [0.3, 0.4) is 0 Å². The number of nitrogens with one attached hydrogen (secondary N) is 1. The highest BCUT2D eigenvalue weighted by Gasteiger charge is 2.43. The number of esters is 1. The third-order valence-corrected chi connectivity index (χ3v) is 9.52. The van der Waals surface area contributed by atoms with E-state index < -0.39 is 36.3 Å². The lowest BCUT2D eigenvalue weighted by Gasteiger charge is -2.29. The zero-order chi connectivity index (χ0) is 33.9. The molecule has 2 aliphatic rings. The maximum Gasteiger partial charge on any atom is 0.329 e. The molecule has 1 unspecified atom stereocenters. The smallest absolute Gasteiger partial charge is 0.329 e. The van der Waals surface area contributed by atoms with Crippen molar-refractivity contribution in [2.45, 2.75) is 58.9 Å². The number of thiophene rings is 1. The van der Waals surface area contributed by atoms with Crippen LogP contribution >= 0.6 is 11.3 Å². The van der Waals surface area contributed by atoms with Crippen molar-refractivity contribution in [1.82, 2.24) is 4.90 Å². The third-order valence-electron chi connectivity index (χ3n) is 8.03. The predicted octanol–water partition coefficient (Wildman–Crippen LogP) is 6.99. The fraction of sp³-hybridized carbons (Fsp3) is 0.324. The molecule has 0 spiro atoms. The fourth-order valence-corrected chi connectivity index (χ4v) is 7.15. The first-order chi connectivity index (χ1) is 22.4. The van der Waals surface area contributed by atoms with Gasteiger partial charge in [-0.3, -0.25) is 19.3 Å². The van der Waals surface area contributed by atoms with Gasteiger partial charge in [0.05, 0.1) is 23.3 Å². The van der Waals surface area contributed by atoms with Gasteiger partial charge in [-0.15, -0.1) is 11.3 Å². The summed E-state index contributed by atoms with van der Waals surface area (Å²) in [6.07, 6.45) is 6.96. The third kappa shape index (κ3) is 7.05. The number of allylic oxidation sites excluding steroid dienone is 2. The van der Waals surface area contributed by atoms with Crippen LogP contribution in [0.15, 0.2) is 60.2 Å². The molecule has 9 nitrogen and oxygen atoms in total. The molecule has 0 saturated carbocycles. The Morgan fingerprint density at radius 2 is 1.72 bits per heavy atom. The first kappa shape index (κ1) is 33.4. The number of imide groups is 1. The Hall–Kier alpha value is -5.01. The maximum absolute atomic E-state index is 13.3. The molecular formula is C37H37N3O6S. The van der Waals surface area contributed by atoms with Gasteiger partial charge in [0.25, 0.3) is 17.7 Å². The number of anilines is 1. The van der Waals surface area contributed by atoms with Gasteiger partial charge in [-0.25, -0.2) is 4.79 Å². The van der Waals surface area contributed by atoms with Crippen LogP contribution in [0.5, 0.6) is 5.75 Å². The average molecular weight is 652 g/mol. The van der Waals surface area contributed by atoms with Crippen LogP contribution in [0.4, 0.5) is 5.00 Å². The highest BCUT2D eigenvalue weighted by atomic mass is 32.1. The minimum absolute atomic E-state index is 0.0431. The summed E-state index contributed by atoms with van der Waals surface area (Å²) in [5.41, 5.74) is 3.32. The van der Waals surface area contributed by atoms with Gasteiger partial charge < -0.3 is 14.8 Å². The number of carbonyl (C=O) groups is 4. The van der Waals surface area contributed by atoms with E-state index in [0.717, 1.165) is 38.6 Å². The van der Waals surface area contributed by atoms with Crippen molar-refractivity contribution in [2.75, 3.05) is 18.5 Å². The lowest BCUT2D eigenvalue weighted by Crippen LogP contribution is -2.46. The van der Waals surface area contributed by atoms with E-state index in [1.54, 1.807) is 24.3 Å². The summed E-state index contributed by atoms with van der Waals surface area (Å²) in [5, 5.41) is 13.3. The van der Waals surface area contributed by atoms with Gasteiger partial charge in [0, 0.05) is 15.9 Å². The summed E-state index contributed by atoms with van der Waals surface area (Å²) in [6.45, 7) is 9.84. The molecule has 3 aromatic rings. The van der Waals surface area contributed by atoms with Gasteiger partial charge in [-0.1, -0.05) is 64.1 Å². The van der Waals surface area contributed by atoms with E-state index >= 15 is 0 Å². The van der Waals surface area contributed by atoms with Crippen LogP contribution < -0.4 is 10.1 Å². The summed E-state index contributed by atoms with van der Waals surface area (Å²) >= 11 is 1.33. The lowest BCUT2D eigenvalue weighted by atomic mass is 9.77. The number of amides is 3. The van der Waals surface area contributed by atoms with E-state index in [9.17, 15) is 24.4 Å². The summed E-state index contributed by atoms with van der Waals surface area (Å²) in [7, 11) is 0.